The number of esters is 1. The van der Waals surface area contributed by atoms with Crippen molar-refractivity contribution < 1.29 is 14.6 Å². The average molecular weight is 247 g/mol. The van der Waals surface area contributed by atoms with Crippen LogP contribution in [0.4, 0.5) is 0 Å². The Kier molecular flexibility index (Phi) is 5.58. The zero-order chi connectivity index (χ0) is 12.0. The van der Waals surface area contributed by atoms with Gasteiger partial charge in [-0.2, -0.15) is 11.8 Å². The van der Waals surface area contributed by atoms with Crippen molar-refractivity contribution in [2.45, 2.75) is 43.4 Å². The van der Waals surface area contributed by atoms with E-state index < -0.39 is 5.54 Å². The molecule has 0 aromatic carbocycles. The SMILES string of the molecule is CCOC(=O)C1(N)CCC(SCCCO)C1. The molecule has 4 nitrogen and oxygen atoms in total. The molecular weight excluding hydrogens is 226 g/mol. The molecule has 0 bridgehead atoms. The molecule has 1 fully saturated rings. The van der Waals surface area contributed by atoms with Crippen LogP contribution in [0, 0.1) is 0 Å². The number of thioether (sulfide) groups is 1. The number of rotatable bonds is 6. The van der Waals surface area contributed by atoms with Crippen LogP contribution in [0.25, 0.3) is 0 Å². The van der Waals surface area contributed by atoms with Crippen LogP contribution in [0.2, 0.25) is 0 Å². The Morgan fingerprint density at radius 2 is 2.44 bits per heavy atom. The molecule has 5 heteroatoms. The summed E-state index contributed by atoms with van der Waals surface area (Å²) in [7, 11) is 0. The van der Waals surface area contributed by atoms with Crippen LogP contribution >= 0.6 is 11.8 Å². The fourth-order valence-corrected chi connectivity index (χ4v) is 3.27. The molecule has 1 aliphatic carbocycles. The van der Waals surface area contributed by atoms with Crippen LogP contribution in [-0.4, -0.2) is 40.8 Å². The van der Waals surface area contributed by atoms with Gasteiger partial charge >= 0.3 is 5.97 Å². The molecule has 1 rings (SSSR count). The van der Waals surface area contributed by atoms with Gasteiger partial charge in [-0.15, -0.1) is 0 Å². The quantitative estimate of drug-likeness (QED) is 0.539. The summed E-state index contributed by atoms with van der Waals surface area (Å²) in [4.78, 5) is 11.6. The Labute approximate surface area is 101 Å². The summed E-state index contributed by atoms with van der Waals surface area (Å²) in [6, 6.07) is 0. The number of aliphatic hydroxyl groups excluding tert-OH is 1. The number of hydrogen-bond acceptors (Lipinski definition) is 5. The fourth-order valence-electron chi connectivity index (χ4n) is 1.95. The summed E-state index contributed by atoms with van der Waals surface area (Å²) >= 11 is 1.80. The number of nitrogens with two attached hydrogens (primary N) is 1. The number of carbonyl (C=O) groups is 1. The summed E-state index contributed by atoms with van der Waals surface area (Å²) in [5.41, 5.74) is 5.28. The van der Waals surface area contributed by atoms with Gasteiger partial charge in [-0.05, 0) is 38.4 Å². The molecule has 2 atom stereocenters. The standard InChI is InChI=1S/C11H21NO3S/c1-2-15-10(14)11(12)5-4-9(8-11)16-7-3-6-13/h9,13H,2-8,12H2,1H3. The maximum absolute atomic E-state index is 11.6. The van der Waals surface area contributed by atoms with Crippen LogP contribution in [0.1, 0.15) is 32.6 Å². The molecular formula is C11H21NO3S. The van der Waals surface area contributed by atoms with E-state index in [0.29, 0.717) is 24.7 Å². The molecule has 0 amide bonds. The van der Waals surface area contributed by atoms with Gasteiger partial charge in [0.15, 0.2) is 0 Å². The second-order valence-corrected chi connectivity index (χ2v) is 5.60. The van der Waals surface area contributed by atoms with Gasteiger partial charge in [0.05, 0.1) is 6.61 Å². The third-order valence-electron chi connectivity index (χ3n) is 2.84. The van der Waals surface area contributed by atoms with Crippen molar-refractivity contribution in [1.82, 2.24) is 0 Å². The van der Waals surface area contributed by atoms with Crippen molar-refractivity contribution >= 4 is 17.7 Å². The summed E-state index contributed by atoms with van der Waals surface area (Å²) in [6.07, 6.45) is 3.17. The molecule has 1 aliphatic rings. The molecule has 1 saturated carbocycles. The topological polar surface area (TPSA) is 72.5 Å². The monoisotopic (exact) mass is 247 g/mol. The van der Waals surface area contributed by atoms with E-state index in [1.54, 1.807) is 18.7 Å². The smallest absolute Gasteiger partial charge is 0.326 e. The van der Waals surface area contributed by atoms with Gasteiger partial charge in [0.1, 0.15) is 5.54 Å². The highest BCUT2D eigenvalue weighted by molar-refractivity contribution is 7.99. The van der Waals surface area contributed by atoms with Crippen LogP contribution in [0.3, 0.4) is 0 Å². The number of carbonyl (C=O) groups excluding carboxylic acids is 1. The molecule has 94 valence electrons. The predicted octanol–water partition coefficient (Wildman–Crippen LogP) is 0.915. The normalized spacial score (nSPS) is 29.3. The summed E-state index contributed by atoms with van der Waals surface area (Å²) in [6.45, 7) is 2.41. The van der Waals surface area contributed by atoms with Gasteiger partial charge in [0, 0.05) is 11.9 Å². The Balaban J connectivity index is 2.35. The van der Waals surface area contributed by atoms with Crippen LogP contribution in [0.5, 0.6) is 0 Å². The van der Waals surface area contributed by atoms with E-state index in [1.165, 1.54) is 0 Å². The molecule has 0 heterocycles. The molecule has 0 radical (unpaired) electrons. The van der Waals surface area contributed by atoms with Crippen LogP contribution < -0.4 is 5.73 Å². The first-order valence-electron chi connectivity index (χ1n) is 5.81. The maximum atomic E-state index is 11.6. The van der Waals surface area contributed by atoms with Crippen molar-refractivity contribution in [2.24, 2.45) is 5.73 Å². The minimum absolute atomic E-state index is 0.228. The van der Waals surface area contributed by atoms with E-state index >= 15 is 0 Å². The summed E-state index contributed by atoms with van der Waals surface area (Å²) in [5, 5.41) is 9.12. The predicted molar refractivity (Wildman–Crippen MR) is 65.4 cm³/mol. The molecule has 16 heavy (non-hydrogen) atoms. The molecule has 0 aromatic heterocycles. The van der Waals surface area contributed by atoms with Crippen LogP contribution in [0.15, 0.2) is 0 Å². The van der Waals surface area contributed by atoms with E-state index in [9.17, 15) is 4.79 Å². The van der Waals surface area contributed by atoms with Gasteiger partial charge in [0.25, 0.3) is 0 Å². The molecule has 0 aliphatic heterocycles. The minimum atomic E-state index is -0.771. The highest BCUT2D eigenvalue weighted by atomic mass is 32.2. The van der Waals surface area contributed by atoms with Gasteiger partial charge in [0.2, 0.25) is 0 Å². The van der Waals surface area contributed by atoms with Crippen molar-refractivity contribution in [3.05, 3.63) is 0 Å². The number of ether oxygens (including phenoxy) is 1. The van der Waals surface area contributed by atoms with Crippen molar-refractivity contribution in [2.75, 3.05) is 19.0 Å². The molecule has 2 unspecified atom stereocenters. The minimum Gasteiger partial charge on any atom is -0.465 e. The average Bonchev–Trinajstić information content (AvgIpc) is 2.63. The molecule has 0 saturated heterocycles. The van der Waals surface area contributed by atoms with Crippen LogP contribution in [-0.2, 0) is 9.53 Å². The van der Waals surface area contributed by atoms with E-state index in [1.807, 2.05) is 0 Å². The lowest BCUT2D eigenvalue weighted by atomic mass is 10.00. The second kappa shape index (κ2) is 6.47. The Morgan fingerprint density at radius 1 is 1.69 bits per heavy atom. The van der Waals surface area contributed by atoms with E-state index in [4.69, 9.17) is 15.6 Å². The third-order valence-corrected chi connectivity index (χ3v) is 4.24. The van der Waals surface area contributed by atoms with E-state index in [2.05, 4.69) is 0 Å². The summed E-state index contributed by atoms with van der Waals surface area (Å²) in [5.74, 6) is 0.667. The highest BCUT2D eigenvalue weighted by Gasteiger charge is 2.43. The Hall–Kier alpha value is -0.260. The first-order chi connectivity index (χ1) is 7.62. The Morgan fingerprint density at radius 3 is 3.06 bits per heavy atom. The van der Waals surface area contributed by atoms with Crippen molar-refractivity contribution in [3.8, 4) is 0 Å². The Bertz CT molecular complexity index is 237. The highest BCUT2D eigenvalue weighted by Crippen LogP contribution is 2.36. The zero-order valence-electron chi connectivity index (χ0n) is 9.78. The van der Waals surface area contributed by atoms with Gasteiger partial charge < -0.3 is 15.6 Å². The van der Waals surface area contributed by atoms with Crippen molar-refractivity contribution in [1.29, 1.82) is 0 Å². The van der Waals surface area contributed by atoms with Gasteiger partial charge in [-0.25, -0.2) is 0 Å². The first kappa shape index (κ1) is 13.8. The maximum Gasteiger partial charge on any atom is 0.326 e. The zero-order valence-corrected chi connectivity index (χ0v) is 10.6. The lowest BCUT2D eigenvalue weighted by Crippen LogP contribution is -2.47. The fraction of sp³-hybridized carbons (Fsp3) is 0.909. The largest absolute Gasteiger partial charge is 0.465 e. The first-order valence-corrected chi connectivity index (χ1v) is 6.86. The van der Waals surface area contributed by atoms with Gasteiger partial charge in [-0.3, -0.25) is 4.79 Å². The number of hydrogen-bond donors (Lipinski definition) is 2. The lowest BCUT2D eigenvalue weighted by Gasteiger charge is -2.21. The molecule has 0 spiro atoms. The lowest BCUT2D eigenvalue weighted by molar-refractivity contribution is -0.149. The van der Waals surface area contributed by atoms with E-state index in [0.717, 1.165) is 18.6 Å². The summed E-state index contributed by atoms with van der Waals surface area (Å²) < 4.78 is 4.99. The third kappa shape index (κ3) is 3.64. The molecule has 0 aromatic rings. The second-order valence-electron chi connectivity index (χ2n) is 4.19. The van der Waals surface area contributed by atoms with Crippen molar-refractivity contribution in [3.63, 3.8) is 0 Å². The number of aliphatic hydroxyl groups is 1. The molecule has 3 N–H and O–H groups in total. The van der Waals surface area contributed by atoms with Gasteiger partial charge in [-0.1, -0.05) is 0 Å². The van der Waals surface area contributed by atoms with E-state index in [-0.39, 0.29) is 12.6 Å².